The molecular formula is C13H25N3O. The number of hydrogen-bond acceptors (Lipinski definition) is 3. The van der Waals surface area contributed by atoms with E-state index >= 15 is 0 Å². The molecule has 0 atom stereocenters. The zero-order chi connectivity index (χ0) is 12.1. The molecule has 1 N–H and O–H groups in total. The number of rotatable bonds is 3. The van der Waals surface area contributed by atoms with Gasteiger partial charge < -0.3 is 10.2 Å². The summed E-state index contributed by atoms with van der Waals surface area (Å²) >= 11 is 0. The van der Waals surface area contributed by atoms with Crippen LogP contribution in [0.15, 0.2) is 0 Å². The molecule has 4 nitrogen and oxygen atoms in total. The van der Waals surface area contributed by atoms with E-state index in [9.17, 15) is 4.79 Å². The Hall–Kier alpha value is -0.610. The van der Waals surface area contributed by atoms with Crippen LogP contribution in [0.25, 0.3) is 0 Å². The van der Waals surface area contributed by atoms with Crippen molar-refractivity contribution in [3.63, 3.8) is 0 Å². The van der Waals surface area contributed by atoms with Crippen LogP contribution in [0.2, 0.25) is 0 Å². The molecule has 17 heavy (non-hydrogen) atoms. The summed E-state index contributed by atoms with van der Waals surface area (Å²) in [5.74, 6) is 0.325. The molecule has 0 unspecified atom stereocenters. The first-order valence-electron chi connectivity index (χ1n) is 6.96. The van der Waals surface area contributed by atoms with Crippen molar-refractivity contribution in [3.05, 3.63) is 0 Å². The fourth-order valence-electron chi connectivity index (χ4n) is 2.83. The highest BCUT2D eigenvalue weighted by Gasteiger charge is 2.22. The van der Waals surface area contributed by atoms with Gasteiger partial charge in [-0.25, -0.2) is 0 Å². The van der Waals surface area contributed by atoms with Gasteiger partial charge in [-0.3, -0.25) is 9.69 Å². The van der Waals surface area contributed by atoms with Gasteiger partial charge in [0.1, 0.15) is 0 Å². The number of nitrogens with zero attached hydrogens (tertiary/aromatic N) is 2. The second kappa shape index (κ2) is 6.36. The number of amides is 1. The number of hydrogen-bond donors (Lipinski definition) is 1. The average molecular weight is 239 g/mol. The van der Waals surface area contributed by atoms with E-state index in [1.54, 1.807) is 0 Å². The average Bonchev–Trinajstić information content (AvgIpc) is 2.40. The number of carbonyl (C=O) groups is 1. The first kappa shape index (κ1) is 12.8. The van der Waals surface area contributed by atoms with Crippen LogP contribution in [0.4, 0.5) is 0 Å². The number of likely N-dealkylation sites (N-methyl/N-ethyl adjacent to an activating group) is 1. The second-order valence-corrected chi connectivity index (χ2v) is 5.34. The maximum absolute atomic E-state index is 12.1. The van der Waals surface area contributed by atoms with Gasteiger partial charge in [-0.2, -0.15) is 0 Å². The standard InChI is InChI=1S/C13H25N3O/c1-15(12-5-7-14-8-6-12)11-13(17)16-9-3-2-4-10-16/h12,14H,2-11H2,1H3. The van der Waals surface area contributed by atoms with E-state index in [0.717, 1.165) is 26.2 Å². The molecule has 2 aliphatic rings. The van der Waals surface area contributed by atoms with Gasteiger partial charge in [0.15, 0.2) is 0 Å². The van der Waals surface area contributed by atoms with Gasteiger partial charge in [0.2, 0.25) is 5.91 Å². The Morgan fingerprint density at radius 1 is 1.24 bits per heavy atom. The van der Waals surface area contributed by atoms with Gasteiger partial charge >= 0.3 is 0 Å². The smallest absolute Gasteiger partial charge is 0.236 e. The van der Waals surface area contributed by atoms with Gasteiger partial charge in [-0.05, 0) is 52.2 Å². The van der Waals surface area contributed by atoms with Crippen LogP contribution >= 0.6 is 0 Å². The summed E-state index contributed by atoms with van der Waals surface area (Å²) in [6, 6.07) is 0.588. The largest absolute Gasteiger partial charge is 0.342 e. The molecule has 0 aromatic rings. The van der Waals surface area contributed by atoms with Crippen LogP contribution in [0.3, 0.4) is 0 Å². The zero-order valence-corrected chi connectivity index (χ0v) is 11.0. The van der Waals surface area contributed by atoms with E-state index in [1.165, 1.54) is 32.1 Å². The zero-order valence-electron chi connectivity index (χ0n) is 11.0. The van der Waals surface area contributed by atoms with E-state index < -0.39 is 0 Å². The molecule has 2 fully saturated rings. The Kier molecular flexibility index (Phi) is 4.80. The predicted octanol–water partition coefficient (Wildman–Crippen LogP) is 0.683. The van der Waals surface area contributed by atoms with Gasteiger partial charge in [-0.1, -0.05) is 0 Å². The molecule has 0 saturated carbocycles. The molecule has 0 aromatic heterocycles. The fraction of sp³-hybridized carbons (Fsp3) is 0.923. The minimum Gasteiger partial charge on any atom is -0.342 e. The monoisotopic (exact) mass is 239 g/mol. The number of carbonyl (C=O) groups excluding carboxylic acids is 1. The van der Waals surface area contributed by atoms with Crippen LogP contribution < -0.4 is 5.32 Å². The summed E-state index contributed by atoms with van der Waals surface area (Å²) in [7, 11) is 2.10. The molecule has 2 saturated heterocycles. The first-order valence-corrected chi connectivity index (χ1v) is 6.96. The summed E-state index contributed by atoms with van der Waals surface area (Å²) in [5, 5.41) is 3.36. The molecule has 2 aliphatic heterocycles. The van der Waals surface area contributed by atoms with Crippen molar-refractivity contribution >= 4 is 5.91 Å². The molecule has 4 heteroatoms. The third-order valence-corrected chi connectivity index (χ3v) is 4.03. The van der Waals surface area contributed by atoms with Crippen LogP contribution in [0.5, 0.6) is 0 Å². The highest BCUT2D eigenvalue weighted by atomic mass is 16.2. The second-order valence-electron chi connectivity index (χ2n) is 5.34. The predicted molar refractivity (Wildman–Crippen MR) is 69.0 cm³/mol. The van der Waals surface area contributed by atoms with Crippen LogP contribution in [-0.4, -0.2) is 61.5 Å². The molecule has 0 spiro atoms. The van der Waals surface area contributed by atoms with Crippen LogP contribution in [0.1, 0.15) is 32.1 Å². The van der Waals surface area contributed by atoms with Crippen molar-refractivity contribution in [3.8, 4) is 0 Å². The lowest BCUT2D eigenvalue weighted by Gasteiger charge is -2.34. The molecule has 2 heterocycles. The van der Waals surface area contributed by atoms with Crippen molar-refractivity contribution in [1.82, 2.24) is 15.1 Å². The molecule has 0 aliphatic carbocycles. The molecule has 0 bridgehead atoms. The Morgan fingerprint density at radius 3 is 2.53 bits per heavy atom. The summed E-state index contributed by atoms with van der Waals surface area (Å²) in [4.78, 5) is 16.4. The Labute approximate surface area is 104 Å². The van der Waals surface area contributed by atoms with Crippen molar-refractivity contribution in [2.45, 2.75) is 38.1 Å². The van der Waals surface area contributed by atoms with Gasteiger partial charge in [0.05, 0.1) is 6.54 Å². The summed E-state index contributed by atoms with van der Waals surface area (Å²) < 4.78 is 0. The minimum atomic E-state index is 0.325. The van der Waals surface area contributed by atoms with Crippen molar-refractivity contribution in [2.24, 2.45) is 0 Å². The van der Waals surface area contributed by atoms with Crippen molar-refractivity contribution < 1.29 is 4.79 Å². The normalized spacial score (nSPS) is 23.1. The topological polar surface area (TPSA) is 35.6 Å². The molecule has 98 valence electrons. The highest BCUT2D eigenvalue weighted by Crippen LogP contribution is 2.12. The Bertz CT molecular complexity index is 245. The van der Waals surface area contributed by atoms with E-state index in [2.05, 4.69) is 17.3 Å². The van der Waals surface area contributed by atoms with Crippen LogP contribution in [-0.2, 0) is 4.79 Å². The summed E-state index contributed by atoms with van der Waals surface area (Å²) in [6.07, 6.45) is 5.99. The van der Waals surface area contributed by atoms with Gasteiger partial charge in [-0.15, -0.1) is 0 Å². The lowest BCUT2D eigenvalue weighted by atomic mass is 10.1. The molecule has 2 rings (SSSR count). The van der Waals surface area contributed by atoms with Gasteiger partial charge in [0, 0.05) is 19.1 Å². The quantitative estimate of drug-likeness (QED) is 0.787. The number of piperidine rings is 2. The maximum atomic E-state index is 12.1. The third-order valence-electron chi connectivity index (χ3n) is 4.03. The molecular weight excluding hydrogens is 214 g/mol. The number of likely N-dealkylation sites (tertiary alicyclic amines) is 1. The fourth-order valence-corrected chi connectivity index (χ4v) is 2.83. The van der Waals surface area contributed by atoms with E-state index in [4.69, 9.17) is 0 Å². The molecule has 1 amide bonds. The summed E-state index contributed by atoms with van der Waals surface area (Å²) in [6.45, 7) is 4.72. The van der Waals surface area contributed by atoms with E-state index in [-0.39, 0.29) is 0 Å². The van der Waals surface area contributed by atoms with E-state index in [1.807, 2.05) is 4.90 Å². The number of nitrogens with one attached hydrogen (secondary N) is 1. The Morgan fingerprint density at radius 2 is 1.88 bits per heavy atom. The lowest BCUT2D eigenvalue weighted by Crippen LogP contribution is -2.47. The first-order chi connectivity index (χ1) is 8.27. The van der Waals surface area contributed by atoms with Crippen molar-refractivity contribution in [2.75, 3.05) is 39.8 Å². The summed E-state index contributed by atoms with van der Waals surface area (Å²) in [5.41, 5.74) is 0. The molecule has 0 aromatic carbocycles. The highest BCUT2D eigenvalue weighted by molar-refractivity contribution is 5.78. The Balaban J connectivity index is 1.76. The van der Waals surface area contributed by atoms with Gasteiger partial charge in [0.25, 0.3) is 0 Å². The SMILES string of the molecule is CN(CC(=O)N1CCCCC1)C1CCNCC1. The van der Waals surface area contributed by atoms with E-state index in [0.29, 0.717) is 18.5 Å². The van der Waals surface area contributed by atoms with Crippen molar-refractivity contribution in [1.29, 1.82) is 0 Å². The lowest BCUT2D eigenvalue weighted by molar-refractivity contribution is -0.133. The van der Waals surface area contributed by atoms with Crippen LogP contribution in [0, 0.1) is 0 Å². The minimum absolute atomic E-state index is 0.325. The third kappa shape index (κ3) is 3.68. The maximum Gasteiger partial charge on any atom is 0.236 e. The molecule has 0 radical (unpaired) electrons.